The van der Waals surface area contributed by atoms with Crippen LogP contribution >= 0.6 is 0 Å². The van der Waals surface area contributed by atoms with Crippen LogP contribution in [0.4, 0.5) is 5.69 Å². The smallest absolute Gasteiger partial charge is 0.258 e. The van der Waals surface area contributed by atoms with E-state index in [9.17, 15) is 4.79 Å². The number of carbonyl (C=O) groups is 1. The summed E-state index contributed by atoms with van der Waals surface area (Å²) in [5.74, 6) is 1.17. The fourth-order valence-corrected chi connectivity index (χ4v) is 7.37. The zero-order valence-corrected chi connectivity index (χ0v) is 28.3. The fourth-order valence-electron chi connectivity index (χ4n) is 7.37. The Morgan fingerprint density at radius 2 is 1.36 bits per heavy atom. The molecular weight excluding hydrogens is 578 g/mol. The van der Waals surface area contributed by atoms with E-state index in [2.05, 4.69) is 112 Å². The highest BCUT2D eigenvalue weighted by Gasteiger charge is 2.30. The quantitative estimate of drug-likeness (QED) is 0.157. The van der Waals surface area contributed by atoms with Gasteiger partial charge in [-0.1, -0.05) is 110 Å². The normalized spacial score (nSPS) is 16.0. The van der Waals surface area contributed by atoms with Gasteiger partial charge in [-0.05, 0) is 74.5 Å². The van der Waals surface area contributed by atoms with Gasteiger partial charge in [0.15, 0.2) is 0 Å². The van der Waals surface area contributed by atoms with Crippen molar-refractivity contribution in [2.75, 3.05) is 37.6 Å². The molecule has 1 saturated carbocycles. The Labute approximate surface area is 282 Å². The van der Waals surface area contributed by atoms with Gasteiger partial charge in [0, 0.05) is 50.4 Å². The molecule has 4 aromatic carbocycles. The number of nitrogens with zero attached hydrogens (tertiary/aromatic N) is 3. The maximum Gasteiger partial charge on any atom is 0.258 e. The van der Waals surface area contributed by atoms with Crippen LogP contribution in [0.5, 0.6) is 5.75 Å². The molecule has 2 fully saturated rings. The summed E-state index contributed by atoms with van der Waals surface area (Å²) in [6, 6.07) is 38.8. The van der Waals surface area contributed by atoms with Crippen LogP contribution in [0.3, 0.4) is 0 Å². The highest BCUT2D eigenvalue weighted by Crippen LogP contribution is 2.33. The molecule has 0 aromatic heterocycles. The molecule has 1 heterocycles. The first-order valence-corrected chi connectivity index (χ1v) is 17.8. The predicted octanol–water partition coefficient (Wildman–Crippen LogP) is 8.79. The number of rotatable bonds is 12. The minimum Gasteiger partial charge on any atom is -0.490 e. The molecule has 5 nitrogen and oxygen atoms in total. The summed E-state index contributed by atoms with van der Waals surface area (Å²) in [7, 11) is 0. The molecular formula is C42H51N3O2. The molecule has 47 heavy (non-hydrogen) atoms. The van der Waals surface area contributed by atoms with Gasteiger partial charge in [-0.15, -0.1) is 0 Å². The Morgan fingerprint density at radius 1 is 0.766 bits per heavy atom. The minimum absolute atomic E-state index is 0.0104. The number of piperazine rings is 1. The number of carbonyl (C=O) groups excluding carboxylic acids is 1. The average Bonchev–Trinajstić information content (AvgIpc) is 3.12. The van der Waals surface area contributed by atoms with E-state index in [1.165, 1.54) is 36.0 Å². The van der Waals surface area contributed by atoms with Gasteiger partial charge >= 0.3 is 0 Å². The van der Waals surface area contributed by atoms with Gasteiger partial charge in [0.05, 0.1) is 11.7 Å². The zero-order valence-electron chi connectivity index (χ0n) is 28.3. The first-order valence-electron chi connectivity index (χ1n) is 17.8. The second kappa shape index (κ2) is 16.1. The highest BCUT2D eigenvalue weighted by atomic mass is 16.5. The maximum atomic E-state index is 14.5. The molecule has 0 N–H and O–H groups in total. The molecule has 1 amide bonds. The molecule has 1 aliphatic carbocycles. The van der Waals surface area contributed by atoms with Crippen LogP contribution in [0, 0.1) is 0 Å². The lowest BCUT2D eigenvalue weighted by Gasteiger charge is -2.37. The molecule has 0 atom stereocenters. The van der Waals surface area contributed by atoms with Crippen molar-refractivity contribution in [1.82, 2.24) is 9.80 Å². The first-order chi connectivity index (χ1) is 23.0. The summed E-state index contributed by atoms with van der Waals surface area (Å²) in [6.07, 6.45) is 6.83. The van der Waals surface area contributed by atoms with Gasteiger partial charge in [0.2, 0.25) is 0 Å². The van der Waals surface area contributed by atoms with E-state index in [0.717, 1.165) is 57.7 Å². The molecule has 2 aliphatic rings. The van der Waals surface area contributed by atoms with Gasteiger partial charge in [0.1, 0.15) is 5.75 Å². The van der Waals surface area contributed by atoms with Crippen molar-refractivity contribution in [3.8, 4) is 5.75 Å². The minimum atomic E-state index is -0.0104. The number of amides is 1. The van der Waals surface area contributed by atoms with Crippen LogP contribution < -0.4 is 9.64 Å². The van der Waals surface area contributed by atoms with Gasteiger partial charge in [0.25, 0.3) is 5.91 Å². The molecule has 0 radical (unpaired) electrons. The number of benzene rings is 4. The van der Waals surface area contributed by atoms with Crippen LogP contribution in [0.2, 0.25) is 0 Å². The second-order valence-electron chi connectivity index (χ2n) is 13.5. The number of ether oxygens (including phenoxy) is 1. The van der Waals surface area contributed by atoms with Crippen LogP contribution in [0.1, 0.15) is 85.3 Å². The number of hydrogen-bond acceptors (Lipinski definition) is 4. The molecule has 0 spiro atoms. The van der Waals surface area contributed by atoms with E-state index in [0.29, 0.717) is 23.8 Å². The van der Waals surface area contributed by atoms with Crippen LogP contribution in [-0.4, -0.2) is 60.6 Å². The molecule has 0 bridgehead atoms. The Balaban J connectivity index is 1.16. The Bertz CT molecular complexity index is 1490. The van der Waals surface area contributed by atoms with Gasteiger partial charge in [-0.2, -0.15) is 0 Å². The molecule has 5 heteroatoms. The van der Waals surface area contributed by atoms with E-state index in [1.807, 2.05) is 26.0 Å². The zero-order chi connectivity index (χ0) is 32.4. The van der Waals surface area contributed by atoms with Gasteiger partial charge in [-0.25, -0.2) is 0 Å². The average molecular weight is 630 g/mol. The van der Waals surface area contributed by atoms with Crippen LogP contribution in [-0.2, 0) is 6.54 Å². The number of anilines is 1. The second-order valence-corrected chi connectivity index (χ2v) is 13.5. The fraction of sp³-hybridized carbons (Fsp3) is 0.405. The summed E-state index contributed by atoms with van der Waals surface area (Å²) in [4.78, 5) is 21.7. The summed E-state index contributed by atoms with van der Waals surface area (Å²) >= 11 is 0. The Kier molecular flexibility index (Phi) is 11.3. The molecule has 246 valence electrons. The number of hydrogen-bond donors (Lipinski definition) is 0. The van der Waals surface area contributed by atoms with Crippen molar-refractivity contribution >= 4 is 11.6 Å². The lowest BCUT2D eigenvalue weighted by molar-refractivity contribution is 0.0608. The van der Waals surface area contributed by atoms with Crippen molar-refractivity contribution in [2.45, 2.75) is 77.0 Å². The summed E-state index contributed by atoms with van der Waals surface area (Å²) in [5, 5.41) is 0. The van der Waals surface area contributed by atoms with E-state index < -0.39 is 0 Å². The SMILES string of the molecule is CC(C)Oc1ccc(N2CCN(CCC(c3ccccc3)c3ccccc3)CC2)cc1C(=O)N(Cc1ccccc1)C1CCCCC1. The van der Waals surface area contributed by atoms with Crippen molar-refractivity contribution in [2.24, 2.45) is 0 Å². The monoisotopic (exact) mass is 629 g/mol. The third kappa shape index (κ3) is 8.64. The van der Waals surface area contributed by atoms with Crippen molar-refractivity contribution in [3.63, 3.8) is 0 Å². The van der Waals surface area contributed by atoms with Crippen molar-refractivity contribution in [3.05, 3.63) is 131 Å². The molecule has 1 saturated heterocycles. The Morgan fingerprint density at radius 3 is 1.96 bits per heavy atom. The van der Waals surface area contributed by atoms with E-state index in [-0.39, 0.29) is 18.1 Å². The first kappa shape index (κ1) is 32.8. The molecule has 4 aromatic rings. The van der Waals surface area contributed by atoms with E-state index in [1.54, 1.807) is 0 Å². The van der Waals surface area contributed by atoms with Crippen LogP contribution in [0.25, 0.3) is 0 Å². The lowest BCUT2D eigenvalue weighted by Crippen LogP contribution is -2.47. The van der Waals surface area contributed by atoms with E-state index >= 15 is 0 Å². The third-order valence-electron chi connectivity index (χ3n) is 9.90. The van der Waals surface area contributed by atoms with Gasteiger partial charge < -0.3 is 14.5 Å². The molecule has 6 rings (SSSR count). The summed E-state index contributed by atoms with van der Waals surface area (Å²) in [5.41, 5.74) is 5.74. The summed E-state index contributed by atoms with van der Waals surface area (Å²) in [6.45, 7) is 9.64. The largest absolute Gasteiger partial charge is 0.490 e. The standard InChI is InChI=1S/C42H51N3O2/c1-33(2)47-41-24-23-38(31-40(41)42(46)45(37-21-13-6-14-22-37)32-34-15-7-3-8-16-34)44-29-27-43(28-30-44)26-25-39(35-17-9-4-10-18-35)36-19-11-5-12-20-36/h3-5,7-12,15-20,23-24,31,33,37,39H,6,13-14,21-22,25-30,32H2,1-2H3. The van der Waals surface area contributed by atoms with Crippen molar-refractivity contribution in [1.29, 1.82) is 0 Å². The van der Waals surface area contributed by atoms with Gasteiger partial charge in [-0.3, -0.25) is 9.69 Å². The van der Waals surface area contributed by atoms with E-state index in [4.69, 9.17) is 4.74 Å². The lowest BCUT2D eigenvalue weighted by atomic mass is 9.88. The summed E-state index contributed by atoms with van der Waals surface area (Å²) < 4.78 is 6.27. The van der Waals surface area contributed by atoms with Crippen molar-refractivity contribution < 1.29 is 9.53 Å². The third-order valence-corrected chi connectivity index (χ3v) is 9.90. The Hall–Kier alpha value is -4.09. The van der Waals surface area contributed by atoms with Crippen LogP contribution in [0.15, 0.2) is 109 Å². The highest BCUT2D eigenvalue weighted by molar-refractivity contribution is 5.98. The predicted molar refractivity (Wildman–Crippen MR) is 193 cm³/mol. The molecule has 1 aliphatic heterocycles. The topological polar surface area (TPSA) is 36.0 Å². The maximum absolute atomic E-state index is 14.5. The molecule has 0 unspecified atom stereocenters.